The van der Waals surface area contributed by atoms with Gasteiger partial charge in [-0.05, 0) is 13.3 Å². The van der Waals surface area contributed by atoms with Crippen molar-refractivity contribution in [3.8, 4) is 0 Å². The molecule has 98 valence electrons. The van der Waals surface area contributed by atoms with E-state index in [2.05, 4.69) is 5.32 Å². The van der Waals surface area contributed by atoms with Crippen LogP contribution < -0.4 is 5.32 Å². The Bertz CT molecular complexity index is 305. The Kier molecular flexibility index (Phi) is 4.30. The van der Waals surface area contributed by atoms with Crippen LogP contribution in [0.1, 0.15) is 19.8 Å². The molecule has 2 atom stereocenters. The maximum atomic E-state index is 11.6. The number of amides is 2. The second-order valence-electron chi connectivity index (χ2n) is 4.61. The molecule has 1 aliphatic heterocycles. The molecule has 17 heavy (non-hydrogen) atoms. The third-order valence-corrected chi connectivity index (χ3v) is 2.60. The minimum absolute atomic E-state index is 0.134. The van der Waals surface area contributed by atoms with E-state index in [-0.39, 0.29) is 13.1 Å². The lowest BCUT2D eigenvalue weighted by Gasteiger charge is -2.24. The van der Waals surface area contributed by atoms with Gasteiger partial charge in [0.15, 0.2) is 0 Å². The van der Waals surface area contributed by atoms with Gasteiger partial charge in [0.25, 0.3) is 0 Å². The van der Waals surface area contributed by atoms with Gasteiger partial charge in [-0.15, -0.1) is 0 Å². The van der Waals surface area contributed by atoms with Crippen molar-refractivity contribution in [3.05, 3.63) is 0 Å². The van der Waals surface area contributed by atoms with E-state index in [1.807, 2.05) is 0 Å². The van der Waals surface area contributed by atoms with E-state index < -0.39 is 30.1 Å². The second-order valence-corrected chi connectivity index (χ2v) is 4.61. The maximum absolute atomic E-state index is 11.6. The average molecular weight is 246 g/mol. The highest BCUT2D eigenvalue weighted by Crippen LogP contribution is 2.10. The van der Waals surface area contributed by atoms with Crippen molar-refractivity contribution in [1.82, 2.24) is 10.2 Å². The predicted octanol–water partition coefficient (Wildman–Crippen LogP) is -1.01. The van der Waals surface area contributed by atoms with E-state index in [0.29, 0.717) is 13.0 Å². The molecule has 0 aliphatic carbocycles. The minimum atomic E-state index is -1.47. The number of β-amino-alcohol motifs (C(OH)–C–C–N with tert-alkyl or cyclic N) is 1. The van der Waals surface area contributed by atoms with Crippen LogP contribution >= 0.6 is 0 Å². The number of urea groups is 1. The molecule has 2 amide bonds. The molecule has 7 heteroatoms. The third-order valence-electron chi connectivity index (χ3n) is 2.60. The van der Waals surface area contributed by atoms with Gasteiger partial charge >= 0.3 is 12.0 Å². The fourth-order valence-corrected chi connectivity index (χ4v) is 1.69. The zero-order valence-electron chi connectivity index (χ0n) is 9.72. The number of nitrogens with one attached hydrogen (secondary N) is 1. The number of nitrogens with zero attached hydrogens (tertiary/aromatic N) is 1. The van der Waals surface area contributed by atoms with Crippen molar-refractivity contribution < 1.29 is 24.9 Å². The monoisotopic (exact) mass is 246 g/mol. The van der Waals surface area contributed by atoms with E-state index >= 15 is 0 Å². The van der Waals surface area contributed by atoms with Crippen molar-refractivity contribution >= 4 is 12.0 Å². The summed E-state index contributed by atoms with van der Waals surface area (Å²) in [4.78, 5) is 23.4. The number of carbonyl (C=O) groups excluding carboxylic acids is 1. The van der Waals surface area contributed by atoms with Crippen molar-refractivity contribution in [3.63, 3.8) is 0 Å². The molecule has 0 saturated carbocycles. The highest BCUT2D eigenvalue weighted by Gasteiger charge is 2.28. The molecule has 0 radical (unpaired) electrons. The number of carboxylic acids is 1. The first-order chi connectivity index (χ1) is 7.80. The Balaban J connectivity index is 2.34. The van der Waals surface area contributed by atoms with Crippen molar-refractivity contribution in [2.75, 3.05) is 19.6 Å². The fraction of sp³-hybridized carbons (Fsp3) is 0.800. The van der Waals surface area contributed by atoms with Crippen LogP contribution in [-0.2, 0) is 4.79 Å². The van der Waals surface area contributed by atoms with Crippen LogP contribution in [0.2, 0.25) is 0 Å². The van der Waals surface area contributed by atoms with Crippen LogP contribution in [0.4, 0.5) is 4.79 Å². The summed E-state index contributed by atoms with van der Waals surface area (Å²) in [6.07, 6.45) is -0.394. The van der Waals surface area contributed by atoms with Gasteiger partial charge in [-0.3, -0.25) is 4.79 Å². The van der Waals surface area contributed by atoms with Crippen LogP contribution in [0, 0.1) is 0 Å². The first kappa shape index (κ1) is 13.7. The number of aliphatic carboxylic acids is 1. The number of hydrogen-bond acceptors (Lipinski definition) is 4. The summed E-state index contributed by atoms with van der Waals surface area (Å²) in [6.45, 7) is 1.95. The third kappa shape index (κ3) is 4.58. The van der Waals surface area contributed by atoms with E-state index in [1.54, 1.807) is 0 Å². The molecule has 1 fully saturated rings. The van der Waals surface area contributed by atoms with Gasteiger partial charge in [0.1, 0.15) is 0 Å². The molecule has 1 aliphatic rings. The molecule has 0 aromatic carbocycles. The van der Waals surface area contributed by atoms with Crippen LogP contribution in [-0.4, -0.2) is 63.6 Å². The normalized spacial score (nSPS) is 23.2. The molecule has 2 unspecified atom stereocenters. The molecular weight excluding hydrogens is 228 g/mol. The lowest BCUT2D eigenvalue weighted by molar-refractivity contribution is -0.141. The highest BCUT2D eigenvalue weighted by molar-refractivity contribution is 5.75. The smallest absolute Gasteiger partial charge is 0.317 e. The molecule has 0 spiro atoms. The Labute approximate surface area is 99.0 Å². The number of hydrogen-bond donors (Lipinski definition) is 4. The first-order valence-corrected chi connectivity index (χ1v) is 5.45. The summed E-state index contributed by atoms with van der Waals surface area (Å²) in [5, 5.41) is 29.9. The van der Waals surface area contributed by atoms with Gasteiger partial charge in [-0.25, -0.2) is 4.79 Å². The summed E-state index contributed by atoms with van der Waals surface area (Å²) in [5.74, 6) is -1.12. The van der Waals surface area contributed by atoms with Gasteiger partial charge in [-0.1, -0.05) is 0 Å². The SMILES string of the molecule is CC(O)(CNC(=O)N1CCC(O)C1)CC(=O)O. The number of carboxylic acid groups (broad SMARTS) is 1. The molecule has 7 nitrogen and oxygen atoms in total. The highest BCUT2D eigenvalue weighted by atomic mass is 16.4. The van der Waals surface area contributed by atoms with Crippen LogP contribution in [0.15, 0.2) is 0 Å². The van der Waals surface area contributed by atoms with Gasteiger partial charge in [0, 0.05) is 19.6 Å². The topological polar surface area (TPSA) is 110 Å². The Morgan fingerprint density at radius 1 is 1.53 bits per heavy atom. The van der Waals surface area contributed by atoms with Crippen molar-refractivity contribution in [1.29, 1.82) is 0 Å². The number of likely N-dealkylation sites (tertiary alicyclic amines) is 1. The standard InChI is InChI=1S/C10H18N2O5/c1-10(17,4-8(14)15)6-11-9(16)12-3-2-7(13)5-12/h7,13,17H,2-6H2,1H3,(H,11,16)(H,14,15). The number of rotatable bonds is 4. The van der Waals surface area contributed by atoms with Gasteiger partial charge in [0.05, 0.1) is 18.1 Å². The lowest BCUT2D eigenvalue weighted by Crippen LogP contribution is -2.47. The molecule has 0 aromatic heterocycles. The average Bonchev–Trinajstić information content (AvgIpc) is 2.59. The van der Waals surface area contributed by atoms with E-state index in [1.165, 1.54) is 11.8 Å². The predicted molar refractivity (Wildman–Crippen MR) is 58.5 cm³/mol. The van der Waals surface area contributed by atoms with Gasteiger partial charge in [0.2, 0.25) is 0 Å². The summed E-state index contributed by atoms with van der Waals surface area (Å²) < 4.78 is 0. The molecule has 0 aromatic rings. The second kappa shape index (κ2) is 5.33. The van der Waals surface area contributed by atoms with Crippen molar-refractivity contribution in [2.45, 2.75) is 31.5 Å². The van der Waals surface area contributed by atoms with Crippen LogP contribution in [0.5, 0.6) is 0 Å². The summed E-state index contributed by atoms with van der Waals surface area (Å²) in [6, 6.07) is -0.396. The summed E-state index contributed by atoms with van der Waals surface area (Å²) in [5.41, 5.74) is -1.47. The molecule has 4 N–H and O–H groups in total. The van der Waals surface area contributed by atoms with E-state index in [4.69, 9.17) is 5.11 Å². The minimum Gasteiger partial charge on any atom is -0.481 e. The molecule has 1 heterocycles. The first-order valence-electron chi connectivity index (χ1n) is 5.45. The van der Waals surface area contributed by atoms with Crippen LogP contribution in [0.25, 0.3) is 0 Å². The Hall–Kier alpha value is -1.34. The van der Waals surface area contributed by atoms with E-state index in [9.17, 15) is 19.8 Å². The zero-order chi connectivity index (χ0) is 13.1. The quantitative estimate of drug-likeness (QED) is 0.508. The molecule has 0 bridgehead atoms. The van der Waals surface area contributed by atoms with E-state index in [0.717, 1.165) is 0 Å². The zero-order valence-corrected chi connectivity index (χ0v) is 9.72. The number of aliphatic hydroxyl groups is 2. The van der Waals surface area contributed by atoms with Crippen molar-refractivity contribution in [2.24, 2.45) is 0 Å². The number of aliphatic hydroxyl groups excluding tert-OH is 1. The fourth-order valence-electron chi connectivity index (χ4n) is 1.69. The molecular formula is C10H18N2O5. The van der Waals surface area contributed by atoms with Gasteiger partial charge in [-0.2, -0.15) is 0 Å². The Morgan fingerprint density at radius 3 is 2.65 bits per heavy atom. The molecule has 1 saturated heterocycles. The number of carbonyl (C=O) groups is 2. The summed E-state index contributed by atoms with van der Waals surface area (Å²) >= 11 is 0. The maximum Gasteiger partial charge on any atom is 0.317 e. The lowest BCUT2D eigenvalue weighted by atomic mass is 10.0. The molecule has 1 rings (SSSR count). The van der Waals surface area contributed by atoms with Crippen LogP contribution in [0.3, 0.4) is 0 Å². The largest absolute Gasteiger partial charge is 0.481 e. The summed E-state index contributed by atoms with van der Waals surface area (Å²) in [7, 11) is 0. The Morgan fingerprint density at radius 2 is 2.18 bits per heavy atom. The van der Waals surface area contributed by atoms with Gasteiger partial charge < -0.3 is 25.5 Å².